The molecular formula is C18H18BrNO3. The van der Waals surface area contributed by atoms with Gasteiger partial charge in [-0.3, -0.25) is 9.59 Å². The summed E-state index contributed by atoms with van der Waals surface area (Å²) in [5.74, 6) is -0.371. The van der Waals surface area contributed by atoms with Gasteiger partial charge in [-0.15, -0.1) is 0 Å². The summed E-state index contributed by atoms with van der Waals surface area (Å²) in [4.78, 5) is 23.5. The van der Waals surface area contributed by atoms with Gasteiger partial charge >= 0.3 is 5.97 Å². The molecule has 1 N–H and O–H groups in total. The number of aromatic nitrogens is 1. The number of rotatable bonds is 4. The van der Waals surface area contributed by atoms with Crippen molar-refractivity contribution in [3.63, 3.8) is 0 Å². The average Bonchev–Trinajstić information content (AvgIpc) is 2.85. The van der Waals surface area contributed by atoms with Gasteiger partial charge in [-0.2, -0.15) is 0 Å². The van der Waals surface area contributed by atoms with Crippen molar-refractivity contribution in [3.05, 3.63) is 46.2 Å². The number of hydrogen-bond acceptors (Lipinski definition) is 2. The molecule has 1 aromatic heterocycles. The fourth-order valence-corrected chi connectivity index (χ4v) is 3.48. The van der Waals surface area contributed by atoms with E-state index in [2.05, 4.69) is 22.9 Å². The Labute approximate surface area is 143 Å². The van der Waals surface area contributed by atoms with Crippen LogP contribution in [0.15, 0.2) is 34.9 Å². The summed E-state index contributed by atoms with van der Waals surface area (Å²) < 4.78 is 2.94. The summed E-state index contributed by atoms with van der Waals surface area (Å²) in [6, 6.07) is 7.86. The number of fused-ring (bicyclic) bond motifs is 1. The maximum Gasteiger partial charge on any atom is 0.305 e. The maximum absolute atomic E-state index is 12.6. The monoisotopic (exact) mass is 375 g/mol. The van der Waals surface area contributed by atoms with Crippen molar-refractivity contribution in [2.75, 3.05) is 0 Å². The molecule has 0 fully saturated rings. The molecule has 1 heterocycles. The molecular weight excluding hydrogens is 358 g/mol. The summed E-state index contributed by atoms with van der Waals surface area (Å²) in [6.07, 6.45) is 3.37. The van der Waals surface area contributed by atoms with E-state index in [-0.39, 0.29) is 12.2 Å². The lowest BCUT2D eigenvalue weighted by Gasteiger charge is -2.20. The molecule has 0 unspecified atom stereocenters. The van der Waals surface area contributed by atoms with Gasteiger partial charge in [-0.1, -0.05) is 35.0 Å². The van der Waals surface area contributed by atoms with Gasteiger partial charge in [0.15, 0.2) is 5.78 Å². The van der Waals surface area contributed by atoms with E-state index in [0.717, 1.165) is 33.3 Å². The number of benzene rings is 1. The number of Topliss-reactive ketones (excluding diaryl/α,β-unsaturated/α-hetero) is 1. The summed E-state index contributed by atoms with van der Waals surface area (Å²) in [5.41, 5.74) is 3.65. The molecule has 4 nitrogen and oxygen atoms in total. The SMILES string of the molecule is C[C@@H]1CC(=O)c2c(-c3ccc(Br)cc3)cn(CCC(=O)O)c2C1. The highest BCUT2D eigenvalue weighted by molar-refractivity contribution is 9.10. The number of hydrogen-bond donors (Lipinski definition) is 1. The van der Waals surface area contributed by atoms with Crippen LogP contribution in [0.3, 0.4) is 0 Å². The van der Waals surface area contributed by atoms with E-state index in [4.69, 9.17) is 5.11 Å². The van der Waals surface area contributed by atoms with Crippen LogP contribution in [0.5, 0.6) is 0 Å². The lowest BCUT2D eigenvalue weighted by molar-refractivity contribution is -0.137. The fraction of sp³-hybridized carbons (Fsp3) is 0.333. The van der Waals surface area contributed by atoms with Gasteiger partial charge in [0.05, 0.1) is 6.42 Å². The van der Waals surface area contributed by atoms with Crippen LogP contribution in [0.2, 0.25) is 0 Å². The molecule has 2 aromatic rings. The number of nitrogens with zero attached hydrogens (tertiary/aromatic N) is 1. The smallest absolute Gasteiger partial charge is 0.305 e. The minimum absolute atomic E-state index is 0.0590. The van der Waals surface area contributed by atoms with Crippen molar-refractivity contribution in [1.82, 2.24) is 4.57 Å². The van der Waals surface area contributed by atoms with Crippen molar-refractivity contribution in [2.24, 2.45) is 5.92 Å². The van der Waals surface area contributed by atoms with Gasteiger partial charge in [0.25, 0.3) is 0 Å². The third kappa shape index (κ3) is 3.24. The molecule has 0 bridgehead atoms. The van der Waals surface area contributed by atoms with Crippen LogP contribution >= 0.6 is 15.9 Å². The van der Waals surface area contributed by atoms with Crippen LogP contribution < -0.4 is 0 Å². The highest BCUT2D eigenvalue weighted by Crippen LogP contribution is 2.35. The second kappa shape index (κ2) is 6.32. The maximum atomic E-state index is 12.6. The zero-order valence-corrected chi connectivity index (χ0v) is 14.5. The van der Waals surface area contributed by atoms with Crippen LogP contribution in [0.4, 0.5) is 0 Å². The number of ketones is 1. The first kappa shape index (κ1) is 16.0. The highest BCUT2D eigenvalue weighted by atomic mass is 79.9. The van der Waals surface area contributed by atoms with Gasteiger partial charge in [0.2, 0.25) is 0 Å². The zero-order valence-electron chi connectivity index (χ0n) is 12.9. The Morgan fingerprint density at radius 2 is 2.00 bits per heavy atom. The summed E-state index contributed by atoms with van der Waals surface area (Å²) >= 11 is 3.42. The molecule has 0 radical (unpaired) electrons. The lowest BCUT2D eigenvalue weighted by atomic mass is 9.85. The van der Waals surface area contributed by atoms with Gasteiger partial charge in [0, 0.05) is 40.5 Å². The van der Waals surface area contributed by atoms with Crippen molar-refractivity contribution >= 4 is 27.7 Å². The van der Waals surface area contributed by atoms with Crippen LogP contribution in [0.1, 0.15) is 35.8 Å². The Bertz CT molecular complexity index is 761. The van der Waals surface area contributed by atoms with E-state index in [9.17, 15) is 9.59 Å². The molecule has 1 aliphatic rings. The molecule has 3 rings (SSSR count). The Morgan fingerprint density at radius 3 is 2.65 bits per heavy atom. The number of carbonyl (C=O) groups is 2. The molecule has 120 valence electrons. The van der Waals surface area contributed by atoms with Gasteiger partial charge in [0.1, 0.15) is 0 Å². The molecule has 1 aromatic carbocycles. The summed E-state index contributed by atoms with van der Waals surface area (Å²) in [6.45, 7) is 2.46. The van der Waals surface area contributed by atoms with Gasteiger partial charge in [-0.25, -0.2) is 0 Å². The summed E-state index contributed by atoms with van der Waals surface area (Å²) in [5, 5.41) is 8.95. The standard InChI is InChI=1S/C18H18BrNO3/c1-11-8-15-18(16(21)9-11)14(10-20(15)7-6-17(22)23)12-2-4-13(19)5-3-12/h2-5,10-11H,6-9H2,1H3,(H,22,23)/t11-/m0/s1. The van der Waals surface area contributed by atoms with Crippen molar-refractivity contribution in [3.8, 4) is 11.1 Å². The Hall–Kier alpha value is -1.88. The lowest BCUT2D eigenvalue weighted by Crippen LogP contribution is -2.20. The van der Waals surface area contributed by atoms with Crippen LogP contribution in [-0.2, 0) is 17.8 Å². The number of halogens is 1. The second-order valence-electron chi connectivity index (χ2n) is 6.15. The van der Waals surface area contributed by atoms with Crippen LogP contribution in [-0.4, -0.2) is 21.4 Å². The normalized spacial score (nSPS) is 17.1. The fourth-order valence-electron chi connectivity index (χ4n) is 3.21. The Morgan fingerprint density at radius 1 is 1.30 bits per heavy atom. The van der Waals surface area contributed by atoms with Gasteiger partial charge < -0.3 is 9.67 Å². The Balaban J connectivity index is 2.09. The predicted octanol–water partition coefficient (Wildman–Crippen LogP) is 4.16. The molecule has 1 aliphatic carbocycles. The molecule has 0 aliphatic heterocycles. The van der Waals surface area contributed by atoms with Crippen molar-refractivity contribution < 1.29 is 14.7 Å². The first-order chi connectivity index (χ1) is 11.0. The van der Waals surface area contributed by atoms with E-state index in [0.29, 0.717) is 18.9 Å². The number of carboxylic acids is 1. The minimum atomic E-state index is -0.826. The minimum Gasteiger partial charge on any atom is -0.481 e. The number of aryl methyl sites for hydroxylation is 1. The summed E-state index contributed by atoms with van der Waals surface area (Å²) in [7, 11) is 0. The molecule has 0 spiro atoms. The predicted molar refractivity (Wildman–Crippen MR) is 91.6 cm³/mol. The van der Waals surface area contributed by atoms with Crippen molar-refractivity contribution in [2.45, 2.75) is 32.7 Å². The van der Waals surface area contributed by atoms with Crippen LogP contribution in [0.25, 0.3) is 11.1 Å². The van der Waals surface area contributed by atoms with E-state index in [1.807, 2.05) is 35.0 Å². The molecule has 23 heavy (non-hydrogen) atoms. The number of carboxylic acid groups (broad SMARTS) is 1. The second-order valence-corrected chi connectivity index (χ2v) is 7.06. The Kier molecular flexibility index (Phi) is 4.39. The molecule has 1 atom stereocenters. The third-order valence-corrected chi connectivity index (χ3v) is 4.79. The number of carbonyl (C=O) groups excluding carboxylic acids is 1. The number of aliphatic carboxylic acids is 1. The first-order valence-electron chi connectivity index (χ1n) is 7.68. The highest BCUT2D eigenvalue weighted by Gasteiger charge is 2.29. The van der Waals surface area contributed by atoms with Crippen LogP contribution in [0, 0.1) is 5.92 Å². The van der Waals surface area contributed by atoms with E-state index < -0.39 is 5.97 Å². The average molecular weight is 376 g/mol. The molecule has 0 amide bonds. The quantitative estimate of drug-likeness (QED) is 0.872. The van der Waals surface area contributed by atoms with Gasteiger partial charge in [-0.05, 0) is 30.0 Å². The molecule has 0 saturated carbocycles. The zero-order chi connectivity index (χ0) is 16.6. The van der Waals surface area contributed by atoms with E-state index >= 15 is 0 Å². The molecule has 0 saturated heterocycles. The largest absolute Gasteiger partial charge is 0.481 e. The first-order valence-corrected chi connectivity index (χ1v) is 8.48. The molecule has 5 heteroatoms. The van der Waals surface area contributed by atoms with Crippen molar-refractivity contribution in [1.29, 1.82) is 0 Å². The third-order valence-electron chi connectivity index (χ3n) is 4.27. The topological polar surface area (TPSA) is 59.3 Å². The van der Waals surface area contributed by atoms with E-state index in [1.54, 1.807) is 0 Å². The van der Waals surface area contributed by atoms with E-state index in [1.165, 1.54) is 0 Å².